The molecule has 10 heteroatoms. The molecule has 156 valence electrons. The Morgan fingerprint density at radius 1 is 1.13 bits per heavy atom. The fourth-order valence-corrected chi connectivity index (χ4v) is 3.98. The van der Waals surface area contributed by atoms with Crippen molar-refractivity contribution in [3.63, 3.8) is 0 Å². The van der Waals surface area contributed by atoms with E-state index in [1.165, 1.54) is 11.3 Å². The van der Waals surface area contributed by atoms with Crippen molar-refractivity contribution >= 4 is 39.8 Å². The van der Waals surface area contributed by atoms with E-state index in [0.717, 1.165) is 40.4 Å². The van der Waals surface area contributed by atoms with Gasteiger partial charge in [0.1, 0.15) is 16.3 Å². The summed E-state index contributed by atoms with van der Waals surface area (Å²) >= 11 is 1.47. The van der Waals surface area contributed by atoms with Crippen molar-refractivity contribution < 1.29 is 4.79 Å². The van der Waals surface area contributed by atoms with Gasteiger partial charge in [-0.2, -0.15) is 0 Å². The second-order valence-corrected chi connectivity index (χ2v) is 8.46. The second kappa shape index (κ2) is 7.97. The van der Waals surface area contributed by atoms with E-state index in [1.54, 1.807) is 17.8 Å². The van der Waals surface area contributed by atoms with Crippen LogP contribution in [0, 0.1) is 0 Å². The topological polar surface area (TPSA) is 100 Å². The van der Waals surface area contributed by atoms with Gasteiger partial charge in [-0.15, -0.1) is 20.4 Å². The third-order valence-electron chi connectivity index (χ3n) is 5.36. The van der Waals surface area contributed by atoms with E-state index in [1.807, 2.05) is 30.3 Å². The van der Waals surface area contributed by atoms with Crippen LogP contribution in [0.5, 0.6) is 0 Å². The molecule has 31 heavy (non-hydrogen) atoms. The van der Waals surface area contributed by atoms with Gasteiger partial charge in [-0.05, 0) is 50.5 Å². The fraction of sp³-hybridized carbons (Fsp3) is 0.238. The zero-order valence-corrected chi connectivity index (χ0v) is 17.9. The van der Waals surface area contributed by atoms with Crippen molar-refractivity contribution in [2.75, 3.05) is 37.4 Å². The average molecular weight is 433 g/mol. The zero-order chi connectivity index (χ0) is 21.4. The van der Waals surface area contributed by atoms with E-state index in [4.69, 9.17) is 0 Å². The summed E-state index contributed by atoms with van der Waals surface area (Å²) in [5.74, 6) is 0.946. The molecule has 1 fully saturated rings. The maximum absolute atomic E-state index is 12.8. The Morgan fingerprint density at radius 2 is 2.00 bits per heavy atom. The molecule has 1 aromatic carbocycles. The van der Waals surface area contributed by atoms with E-state index in [2.05, 4.69) is 54.6 Å². The highest BCUT2D eigenvalue weighted by Gasteiger charge is 2.29. The Hall–Kier alpha value is -3.50. The standard InChI is InChI=1S/C21H20N8OS/c1-28(2)16-10-29(11-16)19-9-13(5-6-22-19)20(30)24-18-8-15-7-14(21-27-23-12-31-21)3-4-17(15)25-26-18/h3-9,12,16H,10-11H2,1-2H3,(H,24,26,30). The highest BCUT2D eigenvalue weighted by molar-refractivity contribution is 7.12. The first kappa shape index (κ1) is 19.5. The number of nitrogens with one attached hydrogen (secondary N) is 1. The van der Waals surface area contributed by atoms with Gasteiger partial charge in [0.25, 0.3) is 5.91 Å². The van der Waals surface area contributed by atoms with Crippen LogP contribution in [-0.4, -0.2) is 69.4 Å². The van der Waals surface area contributed by atoms with E-state index in [0.29, 0.717) is 17.4 Å². The first-order chi connectivity index (χ1) is 15.1. The summed E-state index contributed by atoms with van der Waals surface area (Å²) in [6.07, 6.45) is 1.66. The number of benzene rings is 1. The lowest BCUT2D eigenvalue weighted by molar-refractivity contribution is 0.102. The lowest BCUT2D eigenvalue weighted by Crippen LogP contribution is -2.57. The van der Waals surface area contributed by atoms with E-state index < -0.39 is 0 Å². The Bertz CT molecular complexity index is 1240. The van der Waals surface area contributed by atoms with Gasteiger partial charge >= 0.3 is 0 Å². The van der Waals surface area contributed by atoms with Gasteiger partial charge in [-0.1, -0.05) is 11.3 Å². The fourth-order valence-electron chi connectivity index (χ4n) is 3.43. The zero-order valence-electron chi connectivity index (χ0n) is 17.1. The number of aromatic nitrogens is 5. The van der Waals surface area contributed by atoms with Crippen molar-refractivity contribution in [3.8, 4) is 10.6 Å². The first-order valence-corrected chi connectivity index (χ1v) is 10.7. The molecule has 1 N–H and O–H groups in total. The molecule has 1 amide bonds. The van der Waals surface area contributed by atoms with Gasteiger partial charge in [0.15, 0.2) is 5.82 Å². The van der Waals surface area contributed by atoms with Crippen molar-refractivity contribution in [1.82, 2.24) is 30.3 Å². The van der Waals surface area contributed by atoms with Crippen LogP contribution in [0.25, 0.3) is 21.5 Å². The number of carbonyl (C=O) groups is 1. The van der Waals surface area contributed by atoms with Crippen molar-refractivity contribution in [3.05, 3.63) is 53.7 Å². The molecule has 4 heterocycles. The van der Waals surface area contributed by atoms with Crippen molar-refractivity contribution in [1.29, 1.82) is 0 Å². The van der Waals surface area contributed by atoms with Gasteiger partial charge in [-0.3, -0.25) is 4.79 Å². The molecule has 0 radical (unpaired) electrons. The highest BCUT2D eigenvalue weighted by Crippen LogP contribution is 2.26. The van der Waals surface area contributed by atoms with E-state index in [-0.39, 0.29) is 5.91 Å². The van der Waals surface area contributed by atoms with Gasteiger partial charge < -0.3 is 15.1 Å². The molecule has 1 aliphatic heterocycles. The van der Waals surface area contributed by atoms with Crippen LogP contribution in [-0.2, 0) is 0 Å². The maximum atomic E-state index is 12.8. The number of hydrogen-bond donors (Lipinski definition) is 1. The third-order valence-corrected chi connectivity index (χ3v) is 6.10. The van der Waals surface area contributed by atoms with Crippen LogP contribution in [0.1, 0.15) is 10.4 Å². The molecule has 3 aromatic heterocycles. The smallest absolute Gasteiger partial charge is 0.257 e. The molecule has 0 bridgehead atoms. The summed E-state index contributed by atoms with van der Waals surface area (Å²) in [5, 5.41) is 20.9. The molecule has 0 saturated carbocycles. The number of fused-ring (bicyclic) bond motifs is 1. The highest BCUT2D eigenvalue weighted by atomic mass is 32.1. The predicted molar refractivity (Wildman–Crippen MR) is 120 cm³/mol. The maximum Gasteiger partial charge on any atom is 0.257 e. The minimum atomic E-state index is -0.248. The number of amides is 1. The van der Waals surface area contributed by atoms with Crippen LogP contribution >= 0.6 is 11.3 Å². The number of anilines is 2. The Morgan fingerprint density at radius 3 is 2.77 bits per heavy atom. The van der Waals surface area contributed by atoms with Gasteiger partial charge in [-0.25, -0.2) is 4.98 Å². The second-order valence-electron chi connectivity index (χ2n) is 7.63. The largest absolute Gasteiger partial charge is 0.353 e. The normalized spacial score (nSPS) is 14.1. The summed E-state index contributed by atoms with van der Waals surface area (Å²) in [4.78, 5) is 21.6. The van der Waals surface area contributed by atoms with Crippen LogP contribution in [0.4, 0.5) is 11.6 Å². The number of pyridine rings is 1. The molecule has 0 atom stereocenters. The molecule has 0 aliphatic carbocycles. The molecule has 0 spiro atoms. The van der Waals surface area contributed by atoms with Gasteiger partial charge in [0.2, 0.25) is 0 Å². The predicted octanol–water partition coefficient (Wildman–Crippen LogP) is 2.55. The quantitative estimate of drug-likeness (QED) is 0.514. The Balaban J connectivity index is 1.34. The first-order valence-electron chi connectivity index (χ1n) is 9.79. The molecule has 5 rings (SSSR count). The van der Waals surface area contributed by atoms with E-state index >= 15 is 0 Å². The van der Waals surface area contributed by atoms with Crippen LogP contribution in [0.15, 0.2) is 48.1 Å². The minimum Gasteiger partial charge on any atom is -0.353 e. The number of nitrogens with zero attached hydrogens (tertiary/aromatic N) is 7. The molecule has 9 nitrogen and oxygen atoms in total. The SMILES string of the molecule is CN(C)C1CN(c2cc(C(=O)Nc3cc4cc(-c5nncs5)ccc4nn3)ccn2)C1. The number of carbonyl (C=O) groups excluding carboxylic acids is 1. The molecule has 4 aromatic rings. The molecule has 1 aliphatic rings. The van der Waals surface area contributed by atoms with E-state index in [9.17, 15) is 4.79 Å². The summed E-state index contributed by atoms with van der Waals surface area (Å²) in [6.45, 7) is 1.80. The number of rotatable bonds is 5. The third kappa shape index (κ3) is 3.94. The van der Waals surface area contributed by atoms with Gasteiger partial charge in [0, 0.05) is 41.8 Å². The summed E-state index contributed by atoms with van der Waals surface area (Å²) in [6, 6.07) is 11.6. The molecular weight excluding hydrogens is 412 g/mol. The summed E-state index contributed by atoms with van der Waals surface area (Å²) in [5.41, 5.74) is 3.91. The van der Waals surface area contributed by atoms with Crippen LogP contribution in [0.3, 0.4) is 0 Å². The minimum absolute atomic E-state index is 0.248. The molecule has 0 unspecified atom stereocenters. The molecular formula is C21H20N8OS. The monoisotopic (exact) mass is 432 g/mol. The molecule has 1 saturated heterocycles. The average Bonchev–Trinajstić information content (AvgIpc) is 3.27. The Kier molecular flexibility index (Phi) is 5.00. The summed E-state index contributed by atoms with van der Waals surface area (Å²) < 4.78 is 0. The van der Waals surface area contributed by atoms with Crippen LogP contribution in [0.2, 0.25) is 0 Å². The lowest BCUT2D eigenvalue weighted by Gasteiger charge is -2.43. The van der Waals surface area contributed by atoms with Crippen molar-refractivity contribution in [2.45, 2.75) is 6.04 Å². The number of hydrogen-bond acceptors (Lipinski definition) is 9. The Labute approximate surface area is 182 Å². The number of likely N-dealkylation sites (N-methyl/N-ethyl adjacent to an activating group) is 1. The van der Waals surface area contributed by atoms with Crippen LogP contribution < -0.4 is 10.2 Å². The van der Waals surface area contributed by atoms with Crippen molar-refractivity contribution in [2.24, 2.45) is 0 Å². The van der Waals surface area contributed by atoms with Gasteiger partial charge in [0.05, 0.1) is 5.52 Å². The summed E-state index contributed by atoms with van der Waals surface area (Å²) in [7, 11) is 4.14. The lowest BCUT2D eigenvalue weighted by atomic mass is 10.1.